The molecule has 0 saturated heterocycles. The SMILES string of the molecule is CCCCCCCCCC(=O)O[C@H](COC(=O)CCC[C@@H](O)/C=C/C=C\C/C=C\C=C\[C@@H](O)CCCCC)COP(=O)(O)O. The lowest BCUT2D eigenvalue weighted by molar-refractivity contribution is -0.161. The second-order valence-corrected chi connectivity index (χ2v) is 12.1. The zero-order valence-corrected chi connectivity index (χ0v) is 27.7. The first-order valence-corrected chi connectivity index (χ1v) is 17.7. The van der Waals surface area contributed by atoms with Gasteiger partial charge in [-0.25, -0.2) is 4.57 Å². The summed E-state index contributed by atoms with van der Waals surface area (Å²) in [6.45, 7) is 3.28. The van der Waals surface area contributed by atoms with Gasteiger partial charge in [0.2, 0.25) is 0 Å². The predicted octanol–water partition coefficient (Wildman–Crippen LogP) is 6.78. The molecule has 0 fully saturated rings. The minimum atomic E-state index is -4.79. The van der Waals surface area contributed by atoms with Crippen molar-refractivity contribution < 1.29 is 48.2 Å². The molecular weight excluding hydrogens is 587 g/mol. The molecule has 4 N–H and O–H groups in total. The zero-order chi connectivity index (χ0) is 32.9. The molecule has 11 heteroatoms. The third kappa shape index (κ3) is 30.0. The molecule has 0 aliphatic carbocycles. The van der Waals surface area contributed by atoms with Crippen molar-refractivity contribution in [1.82, 2.24) is 0 Å². The fraction of sp³-hybridized carbons (Fsp3) is 0.697. The largest absolute Gasteiger partial charge is 0.469 e. The third-order valence-electron chi connectivity index (χ3n) is 6.56. The fourth-order valence-corrected chi connectivity index (χ4v) is 4.42. The van der Waals surface area contributed by atoms with Crippen LogP contribution in [0.4, 0.5) is 0 Å². The Bertz CT molecular complexity index is 893. The van der Waals surface area contributed by atoms with Crippen LogP contribution in [0.5, 0.6) is 0 Å². The van der Waals surface area contributed by atoms with Gasteiger partial charge in [-0.15, -0.1) is 0 Å². The maximum atomic E-state index is 12.2. The van der Waals surface area contributed by atoms with E-state index in [1.807, 2.05) is 30.4 Å². The number of carbonyl (C=O) groups excluding carboxylic acids is 2. The lowest BCUT2D eigenvalue weighted by atomic mass is 10.1. The second-order valence-electron chi connectivity index (χ2n) is 10.8. The first-order valence-electron chi connectivity index (χ1n) is 16.1. The third-order valence-corrected chi connectivity index (χ3v) is 7.04. The van der Waals surface area contributed by atoms with Gasteiger partial charge in [-0.3, -0.25) is 14.1 Å². The number of allylic oxidation sites excluding steroid dienone is 6. The van der Waals surface area contributed by atoms with Crippen LogP contribution in [-0.2, 0) is 28.2 Å². The molecule has 0 aliphatic heterocycles. The van der Waals surface area contributed by atoms with Gasteiger partial charge in [0.25, 0.3) is 0 Å². The molecule has 0 radical (unpaired) electrons. The second kappa shape index (κ2) is 28.4. The molecule has 0 aromatic rings. The van der Waals surface area contributed by atoms with Crippen molar-refractivity contribution >= 4 is 19.8 Å². The lowest BCUT2D eigenvalue weighted by Gasteiger charge is -2.18. The highest BCUT2D eigenvalue weighted by atomic mass is 31.2. The van der Waals surface area contributed by atoms with E-state index in [4.69, 9.17) is 19.3 Å². The Balaban J connectivity index is 4.29. The summed E-state index contributed by atoms with van der Waals surface area (Å²) in [5.41, 5.74) is 0. The van der Waals surface area contributed by atoms with Crippen molar-refractivity contribution in [3.05, 3.63) is 48.6 Å². The van der Waals surface area contributed by atoms with Gasteiger partial charge < -0.3 is 29.5 Å². The molecule has 0 aromatic heterocycles. The molecule has 0 rings (SSSR count). The Morgan fingerprint density at radius 2 is 1.20 bits per heavy atom. The molecule has 254 valence electrons. The van der Waals surface area contributed by atoms with E-state index < -0.39 is 51.3 Å². The average molecular weight is 645 g/mol. The minimum absolute atomic E-state index is 0.0183. The first-order chi connectivity index (χ1) is 21.1. The molecular formula is C33H57O10P. The normalized spacial score (nSPS) is 14.6. The quantitative estimate of drug-likeness (QED) is 0.0309. The van der Waals surface area contributed by atoms with E-state index in [0.717, 1.165) is 51.4 Å². The van der Waals surface area contributed by atoms with Crippen LogP contribution in [0.1, 0.15) is 117 Å². The van der Waals surface area contributed by atoms with Crippen molar-refractivity contribution in [2.45, 2.75) is 135 Å². The van der Waals surface area contributed by atoms with Crippen LogP contribution in [0.2, 0.25) is 0 Å². The van der Waals surface area contributed by atoms with Gasteiger partial charge >= 0.3 is 19.8 Å². The number of phosphoric ester groups is 1. The van der Waals surface area contributed by atoms with E-state index in [-0.39, 0.29) is 12.8 Å². The lowest BCUT2D eigenvalue weighted by Crippen LogP contribution is -2.29. The van der Waals surface area contributed by atoms with Crippen LogP contribution in [0.15, 0.2) is 48.6 Å². The summed E-state index contributed by atoms with van der Waals surface area (Å²) in [5, 5.41) is 19.9. The Labute approximate surface area is 264 Å². The topological polar surface area (TPSA) is 160 Å². The minimum Gasteiger partial charge on any atom is -0.462 e. The zero-order valence-electron chi connectivity index (χ0n) is 26.8. The average Bonchev–Trinajstić information content (AvgIpc) is 2.97. The number of carbonyl (C=O) groups is 2. The van der Waals surface area contributed by atoms with Gasteiger partial charge in [-0.2, -0.15) is 0 Å². The van der Waals surface area contributed by atoms with Gasteiger partial charge in [0.15, 0.2) is 6.10 Å². The summed E-state index contributed by atoms with van der Waals surface area (Å²) >= 11 is 0. The number of aliphatic hydroxyl groups is 2. The molecule has 10 nitrogen and oxygen atoms in total. The molecule has 3 atom stereocenters. The Hall–Kier alpha value is -2.07. The summed E-state index contributed by atoms with van der Waals surface area (Å²) in [6, 6.07) is 0. The van der Waals surface area contributed by atoms with Gasteiger partial charge in [0, 0.05) is 12.8 Å². The van der Waals surface area contributed by atoms with Crippen molar-refractivity contribution in [2.24, 2.45) is 0 Å². The molecule has 0 aliphatic rings. The summed E-state index contributed by atoms with van der Waals surface area (Å²) in [7, 11) is -4.79. The van der Waals surface area contributed by atoms with Crippen LogP contribution in [-0.4, -0.2) is 63.5 Å². The van der Waals surface area contributed by atoms with Gasteiger partial charge in [0.1, 0.15) is 6.61 Å². The van der Waals surface area contributed by atoms with E-state index in [1.54, 1.807) is 18.2 Å². The highest BCUT2D eigenvalue weighted by Crippen LogP contribution is 2.35. The van der Waals surface area contributed by atoms with Crippen LogP contribution in [0, 0.1) is 0 Å². The smallest absolute Gasteiger partial charge is 0.462 e. The molecule has 0 aromatic carbocycles. The standard InChI is InChI=1S/C33H57O10P/c1-3-5-7-8-10-15-19-25-33(37)43-31(28-42-44(38,39)40)27-41-32(36)26-20-24-30(35)23-18-14-12-9-11-13-17-22-29(34)21-16-6-4-2/h11-14,17-18,22-23,29-31,34-35H,3-10,15-16,19-21,24-28H2,1-2H3,(H2,38,39,40)/b13-11-,14-12-,22-17+,23-18+/t29-,30-,31+/m0/s1. The van der Waals surface area contributed by atoms with Crippen LogP contribution < -0.4 is 0 Å². The van der Waals surface area contributed by atoms with Gasteiger partial charge in [-0.05, 0) is 32.1 Å². The van der Waals surface area contributed by atoms with Crippen molar-refractivity contribution in [3.63, 3.8) is 0 Å². The molecule has 0 heterocycles. The van der Waals surface area contributed by atoms with Crippen LogP contribution >= 0.6 is 7.82 Å². The van der Waals surface area contributed by atoms with Crippen molar-refractivity contribution in [3.8, 4) is 0 Å². The highest BCUT2D eigenvalue weighted by Gasteiger charge is 2.23. The van der Waals surface area contributed by atoms with Crippen LogP contribution in [0.25, 0.3) is 0 Å². The van der Waals surface area contributed by atoms with E-state index >= 15 is 0 Å². The summed E-state index contributed by atoms with van der Waals surface area (Å²) in [5.74, 6) is -1.13. The molecule has 0 spiro atoms. The fourth-order valence-electron chi connectivity index (χ4n) is 4.05. The molecule has 0 saturated carbocycles. The highest BCUT2D eigenvalue weighted by molar-refractivity contribution is 7.46. The van der Waals surface area contributed by atoms with E-state index in [9.17, 15) is 24.4 Å². The van der Waals surface area contributed by atoms with Gasteiger partial charge in [0.05, 0.1) is 18.8 Å². The molecule has 0 amide bonds. The molecule has 44 heavy (non-hydrogen) atoms. The Morgan fingerprint density at radius 3 is 1.80 bits per heavy atom. The Morgan fingerprint density at radius 1 is 0.682 bits per heavy atom. The number of hydrogen-bond acceptors (Lipinski definition) is 8. The van der Waals surface area contributed by atoms with Crippen molar-refractivity contribution in [2.75, 3.05) is 13.2 Å². The predicted molar refractivity (Wildman–Crippen MR) is 173 cm³/mol. The molecule has 0 bridgehead atoms. The number of unbranched alkanes of at least 4 members (excludes halogenated alkanes) is 8. The first kappa shape index (κ1) is 41.9. The number of phosphoric acid groups is 1. The maximum Gasteiger partial charge on any atom is 0.469 e. The monoisotopic (exact) mass is 644 g/mol. The number of ether oxygens (including phenoxy) is 2. The van der Waals surface area contributed by atoms with E-state index in [1.165, 1.54) is 12.8 Å². The number of esters is 2. The number of aliphatic hydroxyl groups excluding tert-OH is 2. The number of rotatable bonds is 28. The van der Waals surface area contributed by atoms with E-state index in [2.05, 4.69) is 18.4 Å². The van der Waals surface area contributed by atoms with Crippen LogP contribution in [0.3, 0.4) is 0 Å². The Kier molecular flexibility index (Phi) is 27.1. The van der Waals surface area contributed by atoms with Crippen molar-refractivity contribution in [1.29, 1.82) is 0 Å². The number of hydrogen-bond donors (Lipinski definition) is 4. The summed E-state index contributed by atoms with van der Waals surface area (Å²) in [4.78, 5) is 42.3. The van der Waals surface area contributed by atoms with Gasteiger partial charge in [-0.1, -0.05) is 120 Å². The molecule has 0 unspecified atom stereocenters. The van der Waals surface area contributed by atoms with E-state index in [0.29, 0.717) is 25.7 Å². The summed E-state index contributed by atoms with van der Waals surface area (Å²) < 4.78 is 25.9. The maximum absolute atomic E-state index is 12.2. The summed E-state index contributed by atoms with van der Waals surface area (Å²) in [6.07, 6.45) is 25.1.